The summed E-state index contributed by atoms with van der Waals surface area (Å²) in [6, 6.07) is 3.04. The molecule has 1 fully saturated rings. The van der Waals surface area contributed by atoms with Crippen LogP contribution in [0.15, 0.2) is 21.5 Å². The first-order valence-electron chi connectivity index (χ1n) is 6.60. The summed E-state index contributed by atoms with van der Waals surface area (Å²) in [7, 11) is -0.620. The van der Waals surface area contributed by atoms with Crippen LogP contribution in [-0.2, 0) is 10.0 Å². The molecule has 1 aromatic rings. The van der Waals surface area contributed by atoms with E-state index in [0.29, 0.717) is 28.4 Å². The number of methoxy groups -OCH3 is 2. The summed E-state index contributed by atoms with van der Waals surface area (Å²) < 4.78 is 38.2. The number of benzene rings is 1. The van der Waals surface area contributed by atoms with E-state index in [9.17, 15) is 8.42 Å². The molecule has 1 aromatic carbocycles. The summed E-state index contributed by atoms with van der Waals surface area (Å²) in [6.45, 7) is 2.21. The number of halogens is 2. The summed E-state index contributed by atoms with van der Waals surface area (Å²) >= 11 is 3.27. The van der Waals surface area contributed by atoms with Crippen molar-refractivity contribution in [3.8, 4) is 11.5 Å². The van der Waals surface area contributed by atoms with Gasteiger partial charge in [0.2, 0.25) is 10.0 Å². The lowest BCUT2D eigenvalue weighted by Crippen LogP contribution is -2.30. The average Bonchev–Trinajstić information content (AvgIpc) is 2.98. The van der Waals surface area contributed by atoms with E-state index in [1.54, 1.807) is 6.07 Å². The van der Waals surface area contributed by atoms with E-state index in [4.69, 9.17) is 9.47 Å². The van der Waals surface area contributed by atoms with Gasteiger partial charge in [-0.3, -0.25) is 0 Å². The molecule has 0 aromatic heterocycles. The lowest BCUT2D eigenvalue weighted by atomic mass is 10.1. The highest BCUT2D eigenvalue weighted by molar-refractivity contribution is 9.10. The van der Waals surface area contributed by atoms with Crippen LogP contribution >= 0.6 is 28.3 Å². The number of hydrogen-bond donors (Lipinski definition) is 2. The second-order valence-corrected chi connectivity index (χ2v) is 7.44. The van der Waals surface area contributed by atoms with Gasteiger partial charge >= 0.3 is 0 Å². The van der Waals surface area contributed by atoms with Crippen LogP contribution in [0.25, 0.3) is 0 Å². The molecule has 2 rings (SSSR count). The molecule has 9 heteroatoms. The predicted molar refractivity (Wildman–Crippen MR) is 90.7 cm³/mol. The van der Waals surface area contributed by atoms with Crippen molar-refractivity contribution < 1.29 is 17.9 Å². The van der Waals surface area contributed by atoms with Gasteiger partial charge in [-0.2, -0.15) is 0 Å². The highest BCUT2D eigenvalue weighted by Crippen LogP contribution is 2.35. The molecule has 126 valence electrons. The molecule has 1 atom stereocenters. The van der Waals surface area contributed by atoms with Gasteiger partial charge in [0.15, 0.2) is 11.5 Å². The van der Waals surface area contributed by atoms with Crippen molar-refractivity contribution in [1.82, 2.24) is 10.0 Å². The van der Waals surface area contributed by atoms with Crippen molar-refractivity contribution in [3.05, 3.63) is 16.6 Å². The zero-order valence-corrected chi connectivity index (χ0v) is 15.6. The lowest BCUT2D eigenvalue weighted by molar-refractivity contribution is 0.353. The fraction of sp³-hybridized carbons (Fsp3) is 0.538. The maximum Gasteiger partial charge on any atom is 0.241 e. The Balaban J connectivity index is 0.00000242. The number of rotatable bonds is 6. The van der Waals surface area contributed by atoms with Crippen molar-refractivity contribution in [3.63, 3.8) is 0 Å². The Hall–Kier alpha value is -0.540. The Labute approximate surface area is 145 Å². The van der Waals surface area contributed by atoms with E-state index in [1.807, 2.05) is 0 Å². The predicted octanol–water partition coefficient (Wildman–Crippen LogP) is 1.78. The monoisotopic (exact) mass is 414 g/mol. The van der Waals surface area contributed by atoms with Crippen molar-refractivity contribution in [1.29, 1.82) is 0 Å². The van der Waals surface area contributed by atoms with Crippen LogP contribution < -0.4 is 19.5 Å². The quantitative estimate of drug-likeness (QED) is 0.740. The fourth-order valence-corrected chi connectivity index (χ4v) is 4.39. The molecule has 2 N–H and O–H groups in total. The third-order valence-electron chi connectivity index (χ3n) is 3.45. The van der Waals surface area contributed by atoms with Crippen LogP contribution in [0.2, 0.25) is 0 Å². The lowest BCUT2D eigenvalue weighted by Gasteiger charge is -2.14. The largest absolute Gasteiger partial charge is 0.493 e. The van der Waals surface area contributed by atoms with Gasteiger partial charge in [0.25, 0.3) is 0 Å². The molecule has 1 saturated heterocycles. The summed E-state index contributed by atoms with van der Waals surface area (Å²) in [5.41, 5.74) is 0. The van der Waals surface area contributed by atoms with Gasteiger partial charge in [-0.05, 0) is 47.4 Å². The number of hydrogen-bond acceptors (Lipinski definition) is 5. The van der Waals surface area contributed by atoms with Gasteiger partial charge in [-0.25, -0.2) is 13.1 Å². The topological polar surface area (TPSA) is 76.7 Å². The van der Waals surface area contributed by atoms with E-state index in [-0.39, 0.29) is 17.3 Å². The SMILES string of the molecule is COc1cc(Br)c(S(=O)(=O)NCC2CCNC2)cc1OC.Cl. The highest BCUT2D eigenvalue weighted by Gasteiger charge is 2.23. The van der Waals surface area contributed by atoms with Gasteiger partial charge in [-0.1, -0.05) is 0 Å². The maximum absolute atomic E-state index is 12.4. The third kappa shape index (κ3) is 4.48. The Morgan fingerprint density at radius 3 is 2.50 bits per heavy atom. The van der Waals surface area contributed by atoms with Gasteiger partial charge < -0.3 is 14.8 Å². The first-order valence-corrected chi connectivity index (χ1v) is 8.87. The zero-order chi connectivity index (χ0) is 15.5. The van der Waals surface area contributed by atoms with Crippen molar-refractivity contribution >= 4 is 38.4 Å². The molecule has 1 unspecified atom stereocenters. The molecule has 0 spiro atoms. The van der Waals surface area contributed by atoms with Crippen molar-refractivity contribution in [2.24, 2.45) is 5.92 Å². The Morgan fingerprint density at radius 1 is 1.32 bits per heavy atom. The molecule has 22 heavy (non-hydrogen) atoms. The summed E-state index contributed by atoms with van der Waals surface area (Å²) in [6.07, 6.45) is 0.982. The van der Waals surface area contributed by atoms with Crippen molar-refractivity contribution in [2.75, 3.05) is 33.9 Å². The minimum absolute atomic E-state index is 0. The van der Waals surface area contributed by atoms with Gasteiger partial charge in [0.1, 0.15) is 4.90 Å². The second kappa shape index (κ2) is 8.35. The molecule has 0 amide bonds. The van der Waals surface area contributed by atoms with Gasteiger partial charge in [0.05, 0.1) is 14.2 Å². The maximum atomic E-state index is 12.4. The average molecular weight is 416 g/mol. The molecule has 0 saturated carbocycles. The first kappa shape index (κ1) is 19.5. The summed E-state index contributed by atoms with van der Waals surface area (Å²) in [4.78, 5) is 0.145. The fourth-order valence-electron chi connectivity index (χ4n) is 2.24. The number of sulfonamides is 1. The Kier molecular flexibility index (Phi) is 7.40. The minimum atomic E-state index is -3.60. The van der Waals surface area contributed by atoms with Crippen LogP contribution in [0.1, 0.15) is 6.42 Å². The van der Waals surface area contributed by atoms with E-state index >= 15 is 0 Å². The standard InChI is InChI=1S/C13H19BrN2O4S.ClH/c1-19-11-5-10(14)13(6-12(11)20-2)21(17,18)16-8-9-3-4-15-7-9;/h5-6,9,15-16H,3-4,7-8H2,1-2H3;1H. The molecule has 6 nitrogen and oxygen atoms in total. The second-order valence-electron chi connectivity index (χ2n) is 4.85. The number of ether oxygens (including phenoxy) is 2. The minimum Gasteiger partial charge on any atom is -0.493 e. The molecule has 1 heterocycles. The molecule has 0 bridgehead atoms. The van der Waals surface area contributed by atoms with Crippen LogP contribution in [-0.4, -0.2) is 42.3 Å². The van der Waals surface area contributed by atoms with E-state index in [0.717, 1.165) is 19.5 Å². The molecule has 1 aliphatic rings. The number of nitrogens with one attached hydrogen (secondary N) is 2. The third-order valence-corrected chi connectivity index (χ3v) is 5.83. The molecule has 0 aliphatic carbocycles. The first-order chi connectivity index (χ1) is 9.97. The normalized spacial score (nSPS) is 17.9. The van der Waals surface area contributed by atoms with Gasteiger partial charge in [0, 0.05) is 17.1 Å². The molecule has 1 aliphatic heterocycles. The van der Waals surface area contributed by atoms with Crippen LogP contribution in [0.3, 0.4) is 0 Å². The van der Waals surface area contributed by atoms with Crippen LogP contribution in [0, 0.1) is 5.92 Å². The Bertz CT molecular complexity index is 606. The molecular formula is C13H20BrClN2O4S. The Morgan fingerprint density at radius 2 is 1.95 bits per heavy atom. The van der Waals surface area contributed by atoms with Gasteiger partial charge in [-0.15, -0.1) is 12.4 Å². The van der Waals surface area contributed by atoms with Crippen LogP contribution in [0.5, 0.6) is 11.5 Å². The molecule has 0 radical (unpaired) electrons. The zero-order valence-electron chi connectivity index (χ0n) is 12.4. The van der Waals surface area contributed by atoms with Crippen molar-refractivity contribution in [2.45, 2.75) is 11.3 Å². The smallest absolute Gasteiger partial charge is 0.241 e. The van der Waals surface area contributed by atoms with Crippen LogP contribution in [0.4, 0.5) is 0 Å². The summed E-state index contributed by atoms with van der Waals surface area (Å²) in [5.74, 6) is 1.19. The van der Waals surface area contributed by atoms with E-state index in [2.05, 4.69) is 26.0 Å². The van der Waals surface area contributed by atoms with E-state index in [1.165, 1.54) is 20.3 Å². The van der Waals surface area contributed by atoms with E-state index < -0.39 is 10.0 Å². The summed E-state index contributed by atoms with van der Waals surface area (Å²) in [5, 5.41) is 3.21. The molecular weight excluding hydrogens is 396 g/mol. The highest BCUT2D eigenvalue weighted by atomic mass is 79.9.